The molecule has 0 unspecified atom stereocenters. The highest BCUT2D eigenvalue weighted by molar-refractivity contribution is 7.99. The van der Waals surface area contributed by atoms with Gasteiger partial charge < -0.3 is 5.11 Å². The van der Waals surface area contributed by atoms with Crippen molar-refractivity contribution in [2.75, 3.05) is 5.88 Å². The van der Waals surface area contributed by atoms with E-state index in [1.165, 1.54) is 24.3 Å². The molecule has 0 aliphatic carbocycles. The highest BCUT2D eigenvalue weighted by Crippen LogP contribution is 2.20. The monoisotopic (exact) mass is 420 g/mol. The lowest BCUT2D eigenvalue weighted by atomic mass is 10.2. The van der Waals surface area contributed by atoms with Crippen LogP contribution in [0.3, 0.4) is 0 Å². The van der Waals surface area contributed by atoms with Crippen LogP contribution in [0.15, 0.2) is 58.3 Å². The molecule has 0 saturated heterocycles. The second-order valence-electron chi connectivity index (χ2n) is 5.13. The normalized spacial score (nSPS) is 11.3. The molecule has 0 bridgehead atoms. The molecule has 0 heterocycles. The maximum atomic E-state index is 12.0. The molecule has 0 aliphatic heterocycles. The van der Waals surface area contributed by atoms with E-state index in [-0.39, 0.29) is 15.7 Å². The lowest BCUT2D eigenvalue weighted by Crippen LogP contribution is -2.14. The summed E-state index contributed by atoms with van der Waals surface area (Å²) in [5, 5.41) is 7.59. The minimum absolute atomic E-state index is 0.205. The molecule has 0 atom stereocenters. The number of benzene rings is 2. The molecular weight excluding hydrogens is 404 g/mol. The molecule has 142 valence electrons. The van der Waals surface area contributed by atoms with Gasteiger partial charge in [0.2, 0.25) is 0 Å². The quantitative estimate of drug-likeness (QED) is 0.739. The summed E-state index contributed by atoms with van der Waals surface area (Å²) in [7, 11) is -8.76. The molecule has 0 saturated carbocycles. The minimum atomic E-state index is -4.38. The van der Waals surface area contributed by atoms with E-state index in [0.29, 0.717) is 0 Å². The van der Waals surface area contributed by atoms with E-state index in [9.17, 15) is 21.6 Å². The summed E-state index contributed by atoms with van der Waals surface area (Å²) in [5.74, 6) is -1.29. The fourth-order valence-electron chi connectivity index (χ4n) is 1.61. The van der Waals surface area contributed by atoms with Crippen molar-refractivity contribution >= 4 is 37.8 Å². The van der Waals surface area contributed by atoms with Gasteiger partial charge in [-0.05, 0) is 38.1 Å². The van der Waals surface area contributed by atoms with Gasteiger partial charge in [0.15, 0.2) is 0 Å². The smallest absolute Gasteiger partial charge is 0.318 e. The predicted molar refractivity (Wildman–Crippen MR) is 96.2 cm³/mol. The van der Waals surface area contributed by atoms with Gasteiger partial charge in [-0.15, -0.1) is 15.2 Å². The fourth-order valence-corrected chi connectivity index (χ4v) is 4.12. The maximum Gasteiger partial charge on any atom is 0.318 e. The Hall–Kier alpha value is -1.94. The number of aliphatic carboxylic acids is 1. The highest BCUT2D eigenvalue weighted by Gasteiger charge is 2.26. The van der Waals surface area contributed by atoms with Gasteiger partial charge >= 0.3 is 26.2 Å². The zero-order valence-corrected chi connectivity index (χ0v) is 16.3. The molecule has 0 radical (unpaired) electrons. The highest BCUT2D eigenvalue weighted by atomic mass is 35.5. The molecule has 0 spiro atoms. The third-order valence-corrected chi connectivity index (χ3v) is 6.27. The van der Waals surface area contributed by atoms with Crippen molar-refractivity contribution in [1.29, 1.82) is 0 Å². The average molecular weight is 421 g/mol. The number of carbonyl (C=O) groups is 1. The number of hydrogen-bond donors (Lipinski definition) is 1. The minimum Gasteiger partial charge on any atom is -0.480 e. The second kappa shape index (κ2) is 9.13. The number of alkyl halides is 1. The SMILES string of the molecule is Cc1ccc(S(=O)(=O)OS(=O)(=O)c2ccc(C)cc2)cc1.O=C(O)CCl. The van der Waals surface area contributed by atoms with Crippen molar-refractivity contribution in [3.8, 4) is 0 Å². The van der Waals surface area contributed by atoms with Crippen LogP contribution in [0, 0.1) is 13.8 Å². The molecule has 0 aliphatic rings. The molecule has 26 heavy (non-hydrogen) atoms. The maximum absolute atomic E-state index is 12.0. The van der Waals surface area contributed by atoms with Crippen molar-refractivity contribution < 1.29 is 30.4 Å². The van der Waals surface area contributed by atoms with E-state index in [4.69, 9.17) is 16.7 Å². The van der Waals surface area contributed by atoms with Gasteiger partial charge in [-0.25, -0.2) is 0 Å². The Kier molecular flexibility index (Phi) is 7.76. The molecule has 0 amide bonds. The van der Waals surface area contributed by atoms with Crippen molar-refractivity contribution in [2.24, 2.45) is 0 Å². The first-order valence-corrected chi connectivity index (χ1v) is 10.5. The van der Waals surface area contributed by atoms with Crippen LogP contribution >= 0.6 is 11.6 Å². The van der Waals surface area contributed by atoms with E-state index in [0.717, 1.165) is 11.1 Å². The number of aryl methyl sites for hydroxylation is 2. The summed E-state index contributed by atoms with van der Waals surface area (Å²) < 4.78 is 52.4. The Balaban J connectivity index is 0.000000597. The van der Waals surface area contributed by atoms with Crippen LogP contribution in [0.1, 0.15) is 11.1 Å². The molecule has 1 N–H and O–H groups in total. The van der Waals surface area contributed by atoms with E-state index < -0.39 is 26.2 Å². The molecule has 0 fully saturated rings. The number of hydrogen-bond acceptors (Lipinski definition) is 6. The van der Waals surface area contributed by atoms with Gasteiger partial charge in [0.05, 0.1) is 9.79 Å². The van der Waals surface area contributed by atoms with Crippen molar-refractivity contribution in [3.05, 3.63) is 59.7 Å². The van der Waals surface area contributed by atoms with E-state index >= 15 is 0 Å². The third-order valence-electron chi connectivity index (χ3n) is 2.91. The van der Waals surface area contributed by atoms with E-state index in [1.54, 1.807) is 38.1 Å². The summed E-state index contributed by atoms with van der Waals surface area (Å²) in [5.41, 5.74) is 1.71. The predicted octanol–water partition coefficient (Wildman–Crippen LogP) is 2.71. The van der Waals surface area contributed by atoms with Crippen molar-refractivity contribution in [2.45, 2.75) is 23.6 Å². The summed E-state index contributed by atoms with van der Waals surface area (Å²) in [6.45, 7) is 3.58. The Morgan fingerprint density at radius 3 is 1.35 bits per heavy atom. The van der Waals surface area contributed by atoms with Crippen LogP contribution < -0.4 is 0 Å². The van der Waals surface area contributed by atoms with Crippen LogP contribution in [0.4, 0.5) is 0 Å². The first-order valence-electron chi connectivity index (χ1n) is 7.10. The van der Waals surface area contributed by atoms with Gasteiger partial charge in [0.1, 0.15) is 5.88 Å². The van der Waals surface area contributed by atoms with Gasteiger partial charge in [0.25, 0.3) is 0 Å². The number of carboxylic acids is 1. The fraction of sp³-hybridized carbons (Fsp3) is 0.188. The molecule has 0 aromatic heterocycles. The summed E-state index contributed by atoms with van der Waals surface area (Å²) >= 11 is 4.74. The third kappa shape index (κ3) is 6.75. The van der Waals surface area contributed by atoms with E-state index in [2.05, 4.69) is 3.63 Å². The lowest BCUT2D eigenvalue weighted by molar-refractivity contribution is -0.134. The number of rotatable bonds is 5. The van der Waals surface area contributed by atoms with Crippen LogP contribution in [0.2, 0.25) is 0 Å². The van der Waals surface area contributed by atoms with Crippen LogP contribution in [0.5, 0.6) is 0 Å². The van der Waals surface area contributed by atoms with E-state index in [1.807, 2.05) is 0 Å². The van der Waals surface area contributed by atoms with Crippen LogP contribution in [-0.4, -0.2) is 33.8 Å². The largest absolute Gasteiger partial charge is 0.480 e. The second-order valence-corrected chi connectivity index (χ2v) is 8.70. The van der Waals surface area contributed by atoms with Crippen LogP contribution in [0.25, 0.3) is 0 Å². The first kappa shape index (κ1) is 22.1. The zero-order chi connectivity index (χ0) is 20.0. The van der Waals surface area contributed by atoms with Gasteiger partial charge in [-0.1, -0.05) is 35.4 Å². The topological polar surface area (TPSA) is 115 Å². The molecule has 2 aromatic rings. The van der Waals surface area contributed by atoms with Crippen molar-refractivity contribution in [3.63, 3.8) is 0 Å². The molecular formula is C16H17ClO7S2. The Morgan fingerprint density at radius 2 is 1.12 bits per heavy atom. The summed E-state index contributed by atoms with van der Waals surface area (Å²) in [4.78, 5) is 8.83. The molecule has 2 rings (SSSR count). The summed E-state index contributed by atoms with van der Waals surface area (Å²) in [6.07, 6.45) is 0. The average Bonchev–Trinajstić information content (AvgIpc) is 2.55. The number of halogens is 1. The Bertz CT molecular complexity index is 875. The van der Waals surface area contributed by atoms with Gasteiger partial charge in [-0.2, -0.15) is 16.8 Å². The molecule has 10 heteroatoms. The Labute approximate surface area is 157 Å². The lowest BCUT2D eigenvalue weighted by Gasteiger charge is -2.07. The van der Waals surface area contributed by atoms with Crippen molar-refractivity contribution in [1.82, 2.24) is 0 Å². The Morgan fingerprint density at radius 1 is 0.846 bits per heavy atom. The standard InChI is InChI=1S/C14H14O5S2.C2H3ClO2/c1-11-3-7-13(8-4-11)20(15,16)19-21(17,18)14-9-5-12(2)6-10-14;3-1-2(4)5/h3-10H,1-2H3;1H2,(H,4,5). The zero-order valence-electron chi connectivity index (χ0n) is 13.9. The van der Waals surface area contributed by atoms with Gasteiger partial charge in [0, 0.05) is 0 Å². The number of carboxylic acid groups (broad SMARTS) is 1. The first-order chi connectivity index (χ1) is 12.0. The molecule has 2 aromatic carbocycles. The molecule has 7 nitrogen and oxygen atoms in total. The summed E-state index contributed by atoms with van der Waals surface area (Å²) in [6, 6.07) is 11.5. The van der Waals surface area contributed by atoms with Crippen LogP contribution in [-0.2, 0) is 28.7 Å². The van der Waals surface area contributed by atoms with Gasteiger partial charge in [-0.3, -0.25) is 4.79 Å².